The molecule has 0 N–H and O–H groups in total. The van der Waals surface area contributed by atoms with Crippen molar-refractivity contribution in [2.75, 3.05) is 52.4 Å². The third-order valence-electron chi connectivity index (χ3n) is 6.58. The number of aryl methyl sites for hydroxylation is 3. The lowest BCUT2D eigenvalue weighted by molar-refractivity contribution is 0.324. The Labute approximate surface area is 212 Å². The summed E-state index contributed by atoms with van der Waals surface area (Å²) in [6.45, 7) is 7.59. The molecule has 1 aliphatic heterocycles. The molecule has 0 aliphatic carbocycles. The SMILES string of the molecule is COc1cc(-c2ccc(N3CCN(S(=O)(=O)c4cc(C)c(C)cc4C)CC3)nn2)cc(OC)c1OC. The van der Waals surface area contributed by atoms with Crippen molar-refractivity contribution >= 4 is 15.8 Å². The zero-order chi connectivity index (χ0) is 26.0. The van der Waals surface area contributed by atoms with E-state index < -0.39 is 10.0 Å². The number of anilines is 1. The molecule has 0 atom stereocenters. The first-order valence-corrected chi connectivity index (χ1v) is 13.1. The molecule has 0 saturated carbocycles. The fourth-order valence-corrected chi connectivity index (χ4v) is 6.10. The fraction of sp³-hybridized carbons (Fsp3) is 0.385. The van der Waals surface area contributed by atoms with Crippen molar-refractivity contribution in [2.24, 2.45) is 0 Å². The number of ether oxygens (including phenoxy) is 3. The van der Waals surface area contributed by atoms with Crippen molar-refractivity contribution in [3.8, 4) is 28.5 Å². The van der Waals surface area contributed by atoms with Crippen LogP contribution in [0.5, 0.6) is 17.2 Å². The molecule has 1 aromatic heterocycles. The van der Waals surface area contributed by atoms with Crippen molar-refractivity contribution in [1.82, 2.24) is 14.5 Å². The van der Waals surface area contributed by atoms with Gasteiger partial charge in [0.1, 0.15) is 0 Å². The van der Waals surface area contributed by atoms with Crippen LogP contribution in [0.15, 0.2) is 41.3 Å². The molecule has 0 amide bonds. The van der Waals surface area contributed by atoms with Crippen LogP contribution >= 0.6 is 0 Å². The van der Waals surface area contributed by atoms with Gasteiger partial charge in [-0.3, -0.25) is 0 Å². The Morgan fingerprint density at radius 1 is 0.750 bits per heavy atom. The molecular formula is C26H32N4O5S. The van der Waals surface area contributed by atoms with E-state index in [-0.39, 0.29) is 0 Å². The highest BCUT2D eigenvalue weighted by molar-refractivity contribution is 7.89. The second-order valence-electron chi connectivity index (χ2n) is 8.78. The molecule has 4 rings (SSSR count). The lowest BCUT2D eigenvalue weighted by atomic mass is 10.1. The predicted octanol–water partition coefficient (Wildman–Crippen LogP) is 3.61. The third-order valence-corrected chi connectivity index (χ3v) is 8.62. The Kier molecular flexibility index (Phi) is 7.37. The minimum absolute atomic E-state index is 0.380. The van der Waals surface area contributed by atoms with Crippen LogP contribution in [0.1, 0.15) is 16.7 Å². The Morgan fingerprint density at radius 2 is 1.36 bits per heavy atom. The average molecular weight is 513 g/mol. The van der Waals surface area contributed by atoms with Crippen molar-refractivity contribution in [3.05, 3.63) is 53.1 Å². The maximum absolute atomic E-state index is 13.3. The number of methoxy groups -OCH3 is 3. The molecule has 0 unspecified atom stereocenters. The maximum atomic E-state index is 13.3. The van der Waals surface area contributed by atoms with Crippen molar-refractivity contribution < 1.29 is 22.6 Å². The summed E-state index contributed by atoms with van der Waals surface area (Å²) in [5.41, 5.74) is 4.27. The van der Waals surface area contributed by atoms with Gasteiger partial charge < -0.3 is 19.1 Å². The second kappa shape index (κ2) is 10.3. The molecule has 0 spiro atoms. The average Bonchev–Trinajstić information content (AvgIpc) is 2.89. The first kappa shape index (κ1) is 25.7. The molecule has 192 valence electrons. The molecule has 1 saturated heterocycles. The smallest absolute Gasteiger partial charge is 0.243 e. The van der Waals surface area contributed by atoms with Gasteiger partial charge in [-0.15, -0.1) is 10.2 Å². The number of aromatic nitrogens is 2. The van der Waals surface area contributed by atoms with E-state index in [1.165, 1.54) is 0 Å². The van der Waals surface area contributed by atoms with Crippen LogP contribution in [-0.2, 0) is 10.0 Å². The molecule has 1 fully saturated rings. The monoisotopic (exact) mass is 512 g/mol. The van der Waals surface area contributed by atoms with Gasteiger partial charge in [0.2, 0.25) is 15.8 Å². The maximum Gasteiger partial charge on any atom is 0.243 e. The standard InChI is InChI=1S/C26H32N4O5S/c1-17-13-19(3)24(14-18(17)2)36(31,32)30-11-9-29(10-12-30)25-8-7-21(27-28-25)20-15-22(33-4)26(35-6)23(16-20)34-5/h7-8,13-16H,9-12H2,1-6H3. The normalized spacial score (nSPS) is 14.6. The second-order valence-corrected chi connectivity index (χ2v) is 10.7. The van der Waals surface area contributed by atoms with E-state index in [1.807, 2.05) is 56.0 Å². The molecule has 2 aromatic carbocycles. The Balaban J connectivity index is 1.49. The highest BCUT2D eigenvalue weighted by Gasteiger charge is 2.30. The quantitative estimate of drug-likeness (QED) is 0.474. The summed E-state index contributed by atoms with van der Waals surface area (Å²) in [6.07, 6.45) is 0. The summed E-state index contributed by atoms with van der Waals surface area (Å²) >= 11 is 0. The number of rotatable bonds is 7. The third kappa shape index (κ3) is 4.83. The van der Waals surface area contributed by atoms with E-state index >= 15 is 0 Å². The number of hydrogen-bond acceptors (Lipinski definition) is 8. The number of nitrogens with zero attached hydrogens (tertiary/aromatic N) is 4. The lowest BCUT2D eigenvalue weighted by Gasteiger charge is -2.34. The lowest BCUT2D eigenvalue weighted by Crippen LogP contribution is -2.49. The molecule has 2 heterocycles. The molecule has 3 aromatic rings. The van der Waals surface area contributed by atoms with Crippen molar-refractivity contribution in [3.63, 3.8) is 0 Å². The summed E-state index contributed by atoms with van der Waals surface area (Å²) < 4.78 is 44.4. The van der Waals surface area contributed by atoms with Gasteiger partial charge in [-0.05, 0) is 67.8 Å². The Hall–Kier alpha value is -3.37. The van der Waals surface area contributed by atoms with Crippen molar-refractivity contribution in [2.45, 2.75) is 25.7 Å². The fourth-order valence-electron chi connectivity index (χ4n) is 4.39. The van der Waals surface area contributed by atoms with Crippen LogP contribution < -0.4 is 19.1 Å². The van der Waals surface area contributed by atoms with Gasteiger partial charge in [0.15, 0.2) is 17.3 Å². The van der Waals surface area contributed by atoms with Gasteiger partial charge in [0.25, 0.3) is 0 Å². The topological polar surface area (TPSA) is 94.1 Å². The Morgan fingerprint density at radius 3 is 1.89 bits per heavy atom. The van der Waals surface area contributed by atoms with Crippen LogP contribution in [0.4, 0.5) is 5.82 Å². The van der Waals surface area contributed by atoms with Crippen molar-refractivity contribution in [1.29, 1.82) is 0 Å². The molecule has 9 nitrogen and oxygen atoms in total. The minimum atomic E-state index is -3.56. The summed E-state index contributed by atoms with van der Waals surface area (Å²) in [4.78, 5) is 2.43. The van der Waals surface area contributed by atoms with Crippen LogP contribution in [0.25, 0.3) is 11.3 Å². The predicted molar refractivity (Wildman–Crippen MR) is 139 cm³/mol. The zero-order valence-corrected chi connectivity index (χ0v) is 22.3. The number of sulfonamides is 1. The van der Waals surface area contributed by atoms with Gasteiger partial charge in [-0.1, -0.05) is 6.07 Å². The largest absolute Gasteiger partial charge is 0.493 e. The van der Waals surface area contributed by atoms with Gasteiger partial charge in [0, 0.05) is 31.7 Å². The number of benzene rings is 2. The number of piperazine rings is 1. The van der Waals surface area contributed by atoms with Gasteiger partial charge >= 0.3 is 0 Å². The summed E-state index contributed by atoms with van der Waals surface area (Å²) in [7, 11) is 1.13. The molecule has 0 bridgehead atoms. The van der Waals surface area contributed by atoms with Gasteiger partial charge in [-0.25, -0.2) is 8.42 Å². The zero-order valence-electron chi connectivity index (χ0n) is 21.5. The van der Waals surface area contributed by atoms with E-state index in [4.69, 9.17) is 14.2 Å². The number of hydrogen-bond donors (Lipinski definition) is 0. The van der Waals surface area contributed by atoms with E-state index in [9.17, 15) is 8.42 Å². The van der Waals surface area contributed by atoms with E-state index in [2.05, 4.69) is 10.2 Å². The van der Waals surface area contributed by atoms with Crippen LogP contribution in [0, 0.1) is 20.8 Å². The van der Waals surface area contributed by atoms with Gasteiger partial charge in [0.05, 0.1) is 31.9 Å². The summed E-state index contributed by atoms with van der Waals surface area (Å²) in [5, 5.41) is 8.81. The van der Waals surface area contributed by atoms with E-state index in [1.54, 1.807) is 31.7 Å². The summed E-state index contributed by atoms with van der Waals surface area (Å²) in [6, 6.07) is 11.1. The highest BCUT2D eigenvalue weighted by atomic mass is 32.2. The first-order chi connectivity index (χ1) is 17.2. The summed E-state index contributed by atoms with van der Waals surface area (Å²) in [5.74, 6) is 2.28. The van der Waals surface area contributed by atoms with Crippen LogP contribution in [0.3, 0.4) is 0 Å². The highest BCUT2D eigenvalue weighted by Crippen LogP contribution is 2.40. The van der Waals surface area contributed by atoms with Gasteiger partial charge in [-0.2, -0.15) is 4.31 Å². The Bertz CT molecular complexity index is 1330. The first-order valence-electron chi connectivity index (χ1n) is 11.7. The van der Waals surface area contributed by atoms with Crippen LogP contribution in [-0.4, -0.2) is 70.4 Å². The van der Waals surface area contributed by atoms with E-state index in [0.29, 0.717) is 59.8 Å². The molecule has 36 heavy (non-hydrogen) atoms. The molecule has 0 radical (unpaired) electrons. The van der Waals surface area contributed by atoms with Crippen LogP contribution in [0.2, 0.25) is 0 Å². The molecular weight excluding hydrogens is 480 g/mol. The molecule has 1 aliphatic rings. The molecule has 10 heteroatoms. The minimum Gasteiger partial charge on any atom is -0.493 e. The van der Waals surface area contributed by atoms with E-state index in [0.717, 1.165) is 22.3 Å².